The molecule has 1 heterocycles. The van der Waals surface area contributed by atoms with Gasteiger partial charge in [-0.3, -0.25) is 9.59 Å². The zero-order valence-corrected chi connectivity index (χ0v) is 20.6. The van der Waals surface area contributed by atoms with Crippen LogP contribution in [0.15, 0.2) is 61.2 Å². The Bertz CT molecular complexity index is 995. The van der Waals surface area contributed by atoms with Gasteiger partial charge in [-0.15, -0.1) is 6.58 Å². The lowest BCUT2D eigenvalue weighted by Gasteiger charge is -2.41. The number of benzene rings is 2. The minimum absolute atomic E-state index is 0.0387. The highest BCUT2D eigenvalue weighted by molar-refractivity contribution is 5.84. The lowest BCUT2D eigenvalue weighted by atomic mass is 9.72. The van der Waals surface area contributed by atoms with Crippen LogP contribution in [0.25, 0.3) is 11.1 Å². The van der Waals surface area contributed by atoms with Crippen LogP contribution < -0.4 is 5.32 Å². The van der Waals surface area contributed by atoms with E-state index >= 15 is 0 Å². The number of amides is 2. The molecule has 0 unspecified atom stereocenters. The van der Waals surface area contributed by atoms with Crippen molar-refractivity contribution in [2.45, 2.75) is 53.4 Å². The summed E-state index contributed by atoms with van der Waals surface area (Å²) in [4.78, 5) is 28.0. The Morgan fingerprint density at radius 3 is 2.42 bits per heavy atom. The summed E-state index contributed by atoms with van der Waals surface area (Å²) in [5.41, 5.74) is 4.21. The van der Waals surface area contributed by atoms with Crippen LogP contribution in [0.3, 0.4) is 0 Å². The van der Waals surface area contributed by atoms with Gasteiger partial charge in [-0.25, -0.2) is 0 Å². The van der Waals surface area contributed by atoms with Crippen LogP contribution in [0, 0.1) is 17.8 Å². The van der Waals surface area contributed by atoms with E-state index in [2.05, 4.69) is 88.1 Å². The molecule has 4 nitrogen and oxygen atoms in total. The maximum absolute atomic E-state index is 13.3. The van der Waals surface area contributed by atoms with E-state index in [1.165, 1.54) is 16.7 Å². The van der Waals surface area contributed by atoms with Gasteiger partial charge in [-0.05, 0) is 53.9 Å². The van der Waals surface area contributed by atoms with Crippen LogP contribution in [-0.4, -0.2) is 36.3 Å². The third-order valence-electron chi connectivity index (χ3n) is 6.57. The standard InChI is InChI=1S/C29H38N2O2/c1-6-16-30-27(33)29(14-17-31(18-15-29)26(32)21-28(3,4)5)20-23-11-9-12-24(19-23)25-13-8-7-10-22(25)2/h6-13,19H,1,14-18,20-21H2,2-5H3,(H,30,33). The van der Waals surface area contributed by atoms with Gasteiger partial charge in [0.25, 0.3) is 0 Å². The van der Waals surface area contributed by atoms with E-state index in [4.69, 9.17) is 0 Å². The second kappa shape index (κ2) is 10.4. The quantitative estimate of drug-likeness (QED) is 0.567. The number of hydrogen-bond donors (Lipinski definition) is 1. The number of likely N-dealkylation sites (tertiary alicyclic amines) is 1. The fourth-order valence-electron chi connectivity index (χ4n) is 4.72. The summed E-state index contributed by atoms with van der Waals surface area (Å²) in [6.07, 6.45) is 4.24. The lowest BCUT2D eigenvalue weighted by Crippen LogP contribution is -2.51. The normalized spacial score (nSPS) is 15.7. The highest BCUT2D eigenvalue weighted by Gasteiger charge is 2.42. The molecule has 0 radical (unpaired) electrons. The Kier molecular flexibility index (Phi) is 7.78. The molecular weight excluding hydrogens is 408 g/mol. The molecule has 3 rings (SSSR count). The van der Waals surface area contributed by atoms with Gasteiger partial charge in [-0.2, -0.15) is 0 Å². The van der Waals surface area contributed by atoms with Crippen molar-refractivity contribution >= 4 is 11.8 Å². The van der Waals surface area contributed by atoms with Crippen LogP contribution in [0.2, 0.25) is 0 Å². The van der Waals surface area contributed by atoms with Gasteiger partial charge in [0.15, 0.2) is 0 Å². The Labute approximate surface area is 199 Å². The number of nitrogens with one attached hydrogen (secondary N) is 1. The van der Waals surface area contributed by atoms with Crippen molar-refractivity contribution < 1.29 is 9.59 Å². The molecule has 0 bridgehead atoms. The predicted molar refractivity (Wildman–Crippen MR) is 136 cm³/mol. The Balaban J connectivity index is 1.82. The van der Waals surface area contributed by atoms with Crippen LogP contribution in [0.1, 0.15) is 51.2 Å². The molecule has 2 aromatic rings. The molecule has 1 N–H and O–H groups in total. The van der Waals surface area contributed by atoms with Crippen molar-refractivity contribution in [3.8, 4) is 11.1 Å². The van der Waals surface area contributed by atoms with Gasteiger partial charge in [0.2, 0.25) is 11.8 Å². The molecular formula is C29H38N2O2. The maximum Gasteiger partial charge on any atom is 0.226 e. The topological polar surface area (TPSA) is 49.4 Å². The molecule has 4 heteroatoms. The highest BCUT2D eigenvalue weighted by Crippen LogP contribution is 2.37. The molecule has 0 aliphatic carbocycles. The van der Waals surface area contributed by atoms with E-state index in [9.17, 15) is 9.59 Å². The van der Waals surface area contributed by atoms with E-state index in [1.807, 2.05) is 4.90 Å². The summed E-state index contributed by atoms with van der Waals surface area (Å²) in [5.74, 6) is 0.246. The van der Waals surface area contributed by atoms with Crippen LogP contribution in [-0.2, 0) is 16.0 Å². The van der Waals surface area contributed by atoms with Gasteiger partial charge in [-0.1, -0.05) is 75.4 Å². The first-order valence-electron chi connectivity index (χ1n) is 12.0. The van der Waals surface area contributed by atoms with Crippen LogP contribution in [0.5, 0.6) is 0 Å². The third-order valence-corrected chi connectivity index (χ3v) is 6.57. The minimum atomic E-state index is -0.522. The highest BCUT2D eigenvalue weighted by atomic mass is 16.2. The third kappa shape index (κ3) is 6.34. The summed E-state index contributed by atoms with van der Waals surface area (Å²) in [5, 5.41) is 3.04. The van der Waals surface area contributed by atoms with Crippen molar-refractivity contribution in [3.63, 3.8) is 0 Å². The lowest BCUT2D eigenvalue weighted by molar-refractivity contribution is -0.141. The SMILES string of the molecule is C=CCNC(=O)C1(Cc2cccc(-c3ccccc3C)c2)CCN(C(=O)CC(C)(C)C)CC1. The van der Waals surface area contributed by atoms with Crippen molar-refractivity contribution in [1.82, 2.24) is 10.2 Å². The molecule has 2 aromatic carbocycles. The molecule has 1 aliphatic heterocycles. The smallest absolute Gasteiger partial charge is 0.226 e. The number of aryl methyl sites for hydroxylation is 1. The van der Waals surface area contributed by atoms with E-state index in [0.717, 1.165) is 5.56 Å². The summed E-state index contributed by atoms with van der Waals surface area (Å²) < 4.78 is 0. The van der Waals surface area contributed by atoms with Crippen LogP contribution >= 0.6 is 0 Å². The first-order chi connectivity index (χ1) is 15.6. The summed E-state index contributed by atoms with van der Waals surface area (Å²) in [6.45, 7) is 13.8. The van der Waals surface area contributed by atoms with E-state index < -0.39 is 5.41 Å². The molecule has 0 aromatic heterocycles. The monoisotopic (exact) mass is 446 g/mol. The minimum Gasteiger partial charge on any atom is -0.352 e. The van der Waals surface area contributed by atoms with Gasteiger partial charge in [0.05, 0.1) is 5.41 Å². The molecule has 1 fully saturated rings. The molecule has 1 saturated heterocycles. The molecule has 0 atom stereocenters. The van der Waals surface area contributed by atoms with E-state index in [0.29, 0.717) is 45.3 Å². The molecule has 0 spiro atoms. The predicted octanol–water partition coefficient (Wildman–Crippen LogP) is 5.55. The first kappa shape index (κ1) is 24.8. The Hall–Kier alpha value is -2.88. The number of piperidine rings is 1. The van der Waals surface area contributed by atoms with Crippen LogP contribution in [0.4, 0.5) is 0 Å². The second-order valence-corrected chi connectivity index (χ2v) is 10.6. The first-order valence-corrected chi connectivity index (χ1v) is 12.0. The van der Waals surface area contributed by atoms with E-state index in [-0.39, 0.29) is 17.2 Å². The van der Waals surface area contributed by atoms with Gasteiger partial charge < -0.3 is 10.2 Å². The Morgan fingerprint density at radius 1 is 1.09 bits per heavy atom. The van der Waals surface area contributed by atoms with E-state index in [1.54, 1.807) is 6.08 Å². The number of carbonyl (C=O) groups is 2. The number of carbonyl (C=O) groups excluding carboxylic acids is 2. The zero-order chi connectivity index (χ0) is 24.1. The summed E-state index contributed by atoms with van der Waals surface area (Å²) in [6, 6.07) is 16.9. The number of hydrogen-bond acceptors (Lipinski definition) is 2. The van der Waals surface area contributed by atoms with Crippen molar-refractivity contribution in [3.05, 3.63) is 72.3 Å². The fraction of sp³-hybridized carbons (Fsp3) is 0.448. The zero-order valence-electron chi connectivity index (χ0n) is 20.6. The molecule has 33 heavy (non-hydrogen) atoms. The maximum atomic E-state index is 13.3. The average molecular weight is 447 g/mol. The average Bonchev–Trinajstić information content (AvgIpc) is 2.77. The second-order valence-electron chi connectivity index (χ2n) is 10.6. The van der Waals surface area contributed by atoms with Crippen molar-refractivity contribution in [2.24, 2.45) is 10.8 Å². The molecule has 0 saturated carbocycles. The van der Waals surface area contributed by atoms with Gasteiger partial charge in [0, 0.05) is 26.1 Å². The van der Waals surface area contributed by atoms with Crippen molar-refractivity contribution in [1.29, 1.82) is 0 Å². The number of nitrogens with zero attached hydrogens (tertiary/aromatic N) is 1. The Morgan fingerprint density at radius 2 is 1.79 bits per heavy atom. The van der Waals surface area contributed by atoms with Crippen molar-refractivity contribution in [2.75, 3.05) is 19.6 Å². The molecule has 2 amide bonds. The summed E-state index contributed by atoms with van der Waals surface area (Å²) in [7, 11) is 0. The fourth-order valence-corrected chi connectivity index (χ4v) is 4.72. The largest absolute Gasteiger partial charge is 0.352 e. The molecule has 1 aliphatic rings. The van der Waals surface area contributed by atoms with Gasteiger partial charge >= 0.3 is 0 Å². The summed E-state index contributed by atoms with van der Waals surface area (Å²) >= 11 is 0. The van der Waals surface area contributed by atoms with Gasteiger partial charge in [0.1, 0.15) is 0 Å². The molecule has 176 valence electrons. The number of rotatable bonds is 7.